The molecule has 1 aromatic rings. The quantitative estimate of drug-likeness (QED) is 0.881. The first-order valence-corrected chi connectivity index (χ1v) is 5.59. The number of aliphatic hydroxyl groups excluding tert-OH is 1. The summed E-state index contributed by atoms with van der Waals surface area (Å²) >= 11 is 3.44. The maximum Gasteiger partial charge on any atom is 0.133 e. The Morgan fingerprint density at radius 1 is 1.43 bits per heavy atom. The van der Waals surface area contributed by atoms with Crippen molar-refractivity contribution < 1.29 is 9.84 Å². The fraction of sp³-hybridized carbons (Fsp3) is 0.455. The second-order valence-corrected chi connectivity index (χ2v) is 3.94. The van der Waals surface area contributed by atoms with Crippen LogP contribution in [0.25, 0.3) is 0 Å². The highest BCUT2D eigenvalue weighted by Gasteiger charge is 2.01. The standard InChI is InChI=1S/C11H15BrO2/c1-2-3-9-4-5-11(10(12)8-9)14-7-6-13/h4-5,8,13H,2-3,6-7H2,1H3. The number of ether oxygens (including phenoxy) is 1. The Hall–Kier alpha value is -0.540. The molecule has 0 atom stereocenters. The SMILES string of the molecule is CCCc1ccc(OCCO)c(Br)c1. The molecular formula is C11H15BrO2. The van der Waals surface area contributed by atoms with Crippen LogP contribution >= 0.6 is 15.9 Å². The number of hydrogen-bond donors (Lipinski definition) is 1. The van der Waals surface area contributed by atoms with Crippen molar-refractivity contribution in [1.29, 1.82) is 0 Å². The molecule has 2 nitrogen and oxygen atoms in total. The lowest BCUT2D eigenvalue weighted by molar-refractivity contribution is 0.200. The van der Waals surface area contributed by atoms with Crippen LogP contribution in [-0.4, -0.2) is 18.3 Å². The van der Waals surface area contributed by atoms with Gasteiger partial charge in [0.05, 0.1) is 11.1 Å². The van der Waals surface area contributed by atoms with E-state index < -0.39 is 0 Å². The molecule has 0 aliphatic carbocycles. The van der Waals surface area contributed by atoms with Crippen molar-refractivity contribution in [2.75, 3.05) is 13.2 Å². The second kappa shape index (κ2) is 6.04. The number of hydrogen-bond acceptors (Lipinski definition) is 2. The van der Waals surface area contributed by atoms with Gasteiger partial charge >= 0.3 is 0 Å². The van der Waals surface area contributed by atoms with Gasteiger partial charge in [0, 0.05) is 0 Å². The highest BCUT2D eigenvalue weighted by Crippen LogP contribution is 2.26. The van der Waals surface area contributed by atoms with Gasteiger partial charge in [-0.1, -0.05) is 19.4 Å². The molecule has 0 spiro atoms. The molecule has 0 saturated heterocycles. The lowest BCUT2D eigenvalue weighted by atomic mass is 10.1. The highest BCUT2D eigenvalue weighted by atomic mass is 79.9. The average Bonchev–Trinajstić information content (AvgIpc) is 2.17. The van der Waals surface area contributed by atoms with Crippen molar-refractivity contribution >= 4 is 15.9 Å². The van der Waals surface area contributed by atoms with Gasteiger partial charge in [0.25, 0.3) is 0 Å². The van der Waals surface area contributed by atoms with Crippen LogP contribution in [0.15, 0.2) is 22.7 Å². The van der Waals surface area contributed by atoms with Gasteiger partial charge in [0.2, 0.25) is 0 Å². The van der Waals surface area contributed by atoms with Crippen LogP contribution in [0, 0.1) is 0 Å². The van der Waals surface area contributed by atoms with Crippen LogP contribution in [0.3, 0.4) is 0 Å². The van der Waals surface area contributed by atoms with Crippen LogP contribution in [0.4, 0.5) is 0 Å². The molecule has 0 fully saturated rings. The highest BCUT2D eigenvalue weighted by molar-refractivity contribution is 9.10. The molecule has 0 aromatic heterocycles. The first-order valence-electron chi connectivity index (χ1n) is 4.80. The predicted molar refractivity (Wildman–Crippen MR) is 60.7 cm³/mol. The number of benzene rings is 1. The number of rotatable bonds is 5. The Morgan fingerprint density at radius 2 is 2.21 bits per heavy atom. The van der Waals surface area contributed by atoms with Gasteiger partial charge in [-0.2, -0.15) is 0 Å². The van der Waals surface area contributed by atoms with Gasteiger partial charge in [-0.3, -0.25) is 0 Å². The van der Waals surface area contributed by atoms with E-state index in [9.17, 15) is 0 Å². The van der Waals surface area contributed by atoms with Crippen LogP contribution in [0.2, 0.25) is 0 Å². The van der Waals surface area contributed by atoms with Crippen LogP contribution in [-0.2, 0) is 6.42 Å². The molecule has 0 aliphatic rings. The van der Waals surface area contributed by atoms with Gasteiger partial charge in [-0.15, -0.1) is 0 Å². The van der Waals surface area contributed by atoms with Crippen molar-refractivity contribution in [2.45, 2.75) is 19.8 Å². The van der Waals surface area contributed by atoms with E-state index >= 15 is 0 Å². The van der Waals surface area contributed by atoms with Gasteiger partial charge in [0.15, 0.2) is 0 Å². The summed E-state index contributed by atoms with van der Waals surface area (Å²) in [5, 5.41) is 8.62. The summed E-state index contributed by atoms with van der Waals surface area (Å²) in [5.74, 6) is 0.791. The van der Waals surface area contributed by atoms with Gasteiger partial charge in [-0.05, 0) is 40.0 Å². The summed E-state index contributed by atoms with van der Waals surface area (Å²) in [7, 11) is 0. The lowest BCUT2D eigenvalue weighted by Crippen LogP contribution is -2.02. The third-order valence-electron chi connectivity index (χ3n) is 1.88. The molecule has 0 radical (unpaired) electrons. The van der Waals surface area contributed by atoms with E-state index in [-0.39, 0.29) is 6.61 Å². The lowest BCUT2D eigenvalue weighted by Gasteiger charge is -2.08. The summed E-state index contributed by atoms with van der Waals surface area (Å²) in [6, 6.07) is 6.06. The van der Waals surface area contributed by atoms with E-state index in [2.05, 4.69) is 35.0 Å². The summed E-state index contributed by atoms with van der Waals surface area (Å²) in [5.41, 5.74) is 1.30. The maximum atomic E-state index is 8.62. The molecule has 0 unspecified atom stereocenters. The molecular weight excluding hydrogens is 244 g/mol. The molecule has 0 saturated carbocycles. The predicted octanol–water partition coefficient (Wildman–Crippen LogP) is 2.77. The third kappa shape index (κ3) is 3.31. The summed E-state index contributed by atoms with van der Waals surface area (Å²) < 4.78 is 6.28. The van der Waals surface area contributed by atoms with Crippen LogP contribution in [0.1, 0.15) is 18.9 Å². The van der Waals surface area contributed by atoms with Crippen molar-refractivity contribution in [2.24, 2.45) is 0 Å². The van der Waals surface area contributed by atoms with E-state index in [1.54, 1.807) is 0 Å². The number of halogens is 1. The van der Waals surface area contributed by atoms with Crippen molar-refractivity contribution in [3.05, 3.63) is 28.2 Å². The van der Waals surface area contributed by atoms with E-state index in [1.165, 1.54) is 5.56 Å². The van der Waals surface area contributed by atoms with E-state index in [0.29, 0.717) is 6.61 Å². The summed E-state index contributed by atoms with van der Waals surface area (Å²) in [6.07, 6.45) is 2.22. The molecule has 0 bridgehead atoms. The average molecular weight is 259 g/mol. The molecule has 1 rings (SSSR count). The molecule has 14 heavy (non-hydrogen) atoms. The molecule has 0 amide bonds. The molecule has 1 N–H and O–H groups in total. The number of aryl methyl sites for hydroxylation is 1. The first-order chi connectivity index (χ1) is 6.77. The van der Waals surface area contributed by atoms with Crippen molar-refractivity contribution in [3.63, 3.8) is 0 Å². The molecule has 0 heterocycles. The van der Waals surface area contributed by atoms with Gasteiger partial charge in [0.1, 0.15) is 12.4 Å². The van der Waals surface area contributed by atoms with E-state index in [1.807, 2.05) is 6.07 Å². The minimum absolute atomic E-state index is 0.0448. The minimum atomic E-state index is 0.0448. The van der Waals surface area contributed by atoms with Gasteiger partial charge < -0.3 is 9.84 Å². The number of aliphatic hydroxyl groups is 1. The zero-order valence-electron chi connectivity index (χ0n) is 8.29. The Labute approximate surface area is 93.0 Å². The Morgan fingerprint density at radius 3 is 2.79 bits per heavy atom. The normalized spacial score (nSPS) is 10.2. The maximum absolute atomic E-state index is 8.62. The zero-order chi connectivity index (χ0) is 10.4. The van der Waals surface area contributed by atoms with Gasteiger partial charge in [-0.25, -0.2) is 0 Å². The van der Waals surface area contributed by atoms with E-state index in [0.717, 1.165) is 23.1 Å². The Balaban J connectivity index is 2.68. The molecule has 0 aliphatic heterocycles. The van der Waals surface area contributed by atoms with Crippen molar-refractivity contribution in [1.82, 2.24) is 0 Å². The molecule has 1 aromatic carbocycles. The van der Waals surface area contributed by atoms with Crippen LogP contribution < -0.4 is 4.74 Å². The second-order valence-electron chi connectivity index (χ2n) is 3.09. The smallest absolute Gasteiger partial charge is 0.133 e. The van der Waals surface area contributed by atoms with Crippen molar-refractivity contribution in [3.8, 4) is 5.75 Å². The van der Waals surface area contributed by atoms with E-state index in [4.69, 9.17) is 9.84 Å². The largest absolute Gasteiger partial charge is 0.490 e. The van der Waals surface area contributed by atoms with Crippen LogP contribution in [0.5, 0.6) is 5.75 Å². The monoisotopic (exact) mass is 258 g/mol. The summed E-state index contributed by atoms with van der Waals surface area (Å²) in [4.78, 5) is 0. The first kappa shape index (κ1) is 11.5. The zero-order valence-corrected chi connectivity index (χ0v) is 9.88. The summed E-state index contributed by atoms with van der Waals surface area (Å²) in [6.45, 7) is 2.54. The molecule has 78 valence electrons. The fourth-order valence-electron chi connectivity index (χ4n) is 1.26. The Bertz CT molecular complexity index is 287. The minimum Gasteiger partial charge on any atom is -0.490 e. The third-order valence-corrected chi connectivity index (χ3v) is 2.50. The fourth-order valence-corrected chi connectivity index (χ4v) is 1.80. The molecule has 3 heteroatoms. The topological polar surface area (TPSA) is 29.5 Å². The Kier molecular flexibility index (Phi) is 4.98.